The second kappa shape index (κ2) is 11.6. The predicted molar refractivity (Wildman–Crippen MR) is 141 cm³/mol. The first-order chi connectivity index (χ1) is 18.1. The second-order valence-corrected chi connectivity index (χ2v) is 9.74. The van der Waals surface area contributed by atoms with E-state index in [1.165, 1.54) is 23.5 Å². The van der Waals surface area contributed by atoms with Crippen LogP contribution in [0.3, 0.4) is 0 Å². The first-order valence-electron chi connectivity index (χ1n) is 12.1. The number of aromatic nitrogens is 2. The van der Waals surface area contributed by atoms with Gasteiger partial charge in [-0.15, -0.1) is 11.3 Å². The summed E-state index contributed by atoms with van der Waals surface area (Å²) in [6.07, 6.45) is 5.64. The molecule has 2 N–H and O–H groups in total. The molecule has 1 fully saturated rings. The van der Waals surface area contributed by atoms with E-state index < -0.39 is 11.9 Å². The first kappa shape index (κ1) is 25.1. The van der Waals surface area contributed by atoms with Crippen LogP contribution in [0.15, 0.2) is 54.9 Å². The molecule has 0 saturated heterocycles. The van der Waals surface area contributed by atoms with E-state index in [0.29, 0.717) is 24.6 Å². The molecule has 1 aromatic carbocycles. The van der Waals surface area contributed by atoms with Crippen LogP contribution in [0.4, 0.5) is 14.9 Å². The van der Waals surface area contributed by atoms with Gasteiger partial charge >= 0.3 is 6.09 Å². The van der Waals surface area contributed by atoms with E-state index in [0.717, 1.165) is 52.2 Å². The van der Waals surface area contributed by atoms with Crippen molar-refractivity contribution in [3.63, 3.8) is 0 Å². The number of ether oxygens (including phenoxy) is 3. The minimum absolute atomic E-state index is 0.0452. The number of fused-ring (bicyclic) bond motifs is 1. The molecular weight excluding hydrogens is 495 g/mol. The minimum atomic E-state index is -0.598. The molecule has 4 aromatic rings. The van der Waals surface area contributed by atoms with Crippen LogP contribution in [0.5, 0.6) is 11.5 Å². The van der Waals surface area contributed by atoms with E-state index in [4.69, 9.17) is 14.2 Å². The SMILES string of the molecule is COCCNCc1ccc(-c2cc3nccc(Oc4ccc(NC(=O)OC5CCC5)cc4F)c3s2)nc1. The highest BCUT2D eigenvalue weighted by Gasteiger charge is 2.22. The number of anilines is 1. The lowest BCUT2D eigenvalue weighted by atomic mass is 9.96. The van der Waals surface area contributed by atoms with Crippen LogP contribution in [0.1, 0.15) is 24.8 Å². The van der Waals surface area contributed by atoms with Gasteiger partial charge < -0.3 is 19.5 Å². The molecule has 1 amide bonds. The fourth-order valence-electron chi connectivity index (χ4n) is 3.77. The lowest BCUT2D eigenvalue weighted by molar-refractivity contribution is 0.0624. The first-order valence-corrected chi connectivity index (χ1v) is 12.9. The maximum Gasteiger partial charge on any atom is 0.411 e. The number of nitrogens with one attached hydrogen (secondary N) is 2. The zero-order valence-corrected chi connectivity index (χ0v) is 21.1. The van der Waals surface area contributed by atoms with Crippen LogP contribution in [0, 0.1) is 5.82 Å². The zero-order valence-electron chi connectivity index (χ0n) is 20.3. The van der Waals surface area contributed by atoms with Crippen LogP contribution in [-0.2, 0) is 16.0 Å². The van der Waals surface area contributed by atoms with Crippen LogP contribution >= 0.6 is 11.3 Å². The van der Waals surface area contributed by atoms with Gasteiger partial charge in [-0.1, -0.05) is 6.07 Å². The highest BCUT2D eigenvalue weighted by atomic mass is 32.1. The zero-order chi connectivity index (χ0) is 25.6. The van der Waals surface area contributed by atoms with Crippen molar-refractivity contribution in [2.75, 3.05) is 25.6 Å². The summed E-state index contributed by atoms with van der Waals surface area (Å²) in [4.78, 5) is 21.9. The number of amides is 1. The average Bonchev–Trinajstić information content (AvgIpc) is 3.32. The molecule has 5 rings (SSSR count). The lowest BCUT2D eigenvalue weighted by Gasteiger charge is -2.25. The summed E-state index contributed by atoms with van der Waals surface area (Å²) in [5.74, 6) is -0.0624. The fraction of sp³-hybridized carbons (Fsp3) is 0.296. The van der Waals surface area contributed by atoms with E-state index in [2.05, 4.69) is 20.6 Å². The molecule has 0 spiro atoms. The van der Waals surface area contributed by atoms with Crippen molar-refractivity contribution in [3.8, 4) is 22.1 Å². The number of pyridine rings is 2. The van der Waals surface area contributed by atoms with E-state index in [1.807, 2.05) is 24.4 Å². The topological polar surface area (TPSA) is 94.6 Å². The Morgan fingerprint density at radius 2 is 2.03 bits per heavy atom. The number of nitrogens with zero attached hydrogens (tertiary/aromatic N) is 2. The molecule has 3 heterocycles. The molecule has 10 heteroatoms. The molecule has 192 valence electrons. The number of rotatable bonds is 10. The van der Waals surface area contributed by atoms with Crippen molar-refractivity contribution in [2.45, 2.75) is 31.9 Å². The van der Waals surface area contributed by atoms with Crippen molar-refractivity contribution < 1.29 is 23.4 Å². The molecule has 0 unspecified atom stereocenters. The summed E-state index contributed by atoms with van der Waals surface area (Å²) in [6, 6.07) is 11.9. The van der Waals surface area contributed by atoms with Crippen molar-refractivity contribution in [1.82, 2.24) is 15.3 Å². The molecular formula is C27H27FN4O4S. The van der Waals surface area contributed by atoms with E-state index >= 15 is 0 Å². The summed E-state index contributed by atoms with van der Waals surface area (Å²) >= 11 is 1.48. The number of methoxy groups -OCH3 is 1. The van der Waals surface area contributed by atoms with Gasteiger partial charge in [-0.2, -0.15) is 0 Å². The molecule has 8 nitrogen and oxygen atoms in total. The summed E-state index contributed by atoms with van der Waals surface area (Å²) in [5, 5.41) is 5.86. The molecule has 1 aliphatic carbocycles. The molecule has 1 aliphatic rings. The van der Waals surface area contributed by atoms with Crippen LogP contribution in [-0.4, -0.2) is 42.4 Å². The maximum atomic E-state index is 14.8. The largest absolute Gasteiger partial charge is 0.453 e. The quantitative estimate of drug-likeness (QED) is 0.242. The third-order valence-corrected chi connectivity index (χ3v) is 7.15. The predicted octanol–water partition coefficient (Wildman–Crippen LogP) is 6.13. The Morgan fingerprint density at radius 3 is 2.76 bits per heavy atom. The number of carbonyl (C=O) groups is 1. The number of hydrogen-bond acceptors (Lipinski definition) is 8. The summed E-state index contributed by atoms with van der Waals surface area (Å²) < 4.78 is 31.8. The van der Waals surface area contributed by atoms with Gasteiger partial charge in [-0.25, -0.2) is 9.18 Å². The highest BCUT2D eigenvalue weighted by molar-refractivity contribution is 7.22. The minimum Gasteiger partial charge on any atom is -0.453 e. The molecule has 0 bridgehead atoms. The van der Waals surface area contributed by atoms with Gasteiger partial charge in [0.1, 0.15) is 11.9 Å². The van der Waals surface area contributed by atoms with Gasteiger partial charge in [-0.3, -0.25) is 15.3 Å². The number of thiophene rings is 1. The average molecular weight is 523 g/mol. The van der Waals surface area contributed by atoms with Gasteiger partial charge in [0.25, 0.3) is 0 Å². The standard InChI is InChI=1S/C27H27FN4O4S/c1-34-12-11-29-15-17-5-7-21(31-16-17)25-14-22-26(37-25)24(9-10-30-22)36-23-8-6-18(13-20(23)28)32-27(33)35-19-3-2-4-19/h5-10,13-14,16,19,29H,2-4,11-12,15H2,1H3,(H,32,33). The molecule has 3 aromatic heterocycles. The van der Waals surface area contributed by atoms with Crippen LogP contribution < -0.4 is 15.4 Å². The Hall–Kier alpha value is -3.60. The molecule has 0 aliphatic heterocycles. The molecule has 37 heavy (non-hydrogen) atoms. The van der Waals surface area contributed by atoms with Crippen molar-refractivity contribution in [3.05, 3.63) is 66.2 Å². The highest BCUT2D eigenvalue weighted by Crippen LogP contribution is 2.39. The van der Waals surface area contributed by atoms with Gasteiger partial charge in [0, 0.05) is 50.4 Å². The Kier molecular flexibility index (Phi) is 7.88. The third kappa shape index (κ3) is 6.22. The van der Waals surface area contributed by atoms with E-state index in [1.54, 1.807) is 25.4 Å². The molecule has 1 saturated carbocycles. The number of halogens is 1. The maximum absolute atomic E-state index is 14.8. The number of hydrogen-bond donors (Lipinski definition) is 2. The summed E-state index contributed by atoms with van der Waals surface area (Å²) in [6.45, 7) is 2.14. The Bertz CT molecular complexity index is 1370. The number of benzene rings is 1. The van der Waals surface area contributed by atoms with Crippen LogP contribution in [0.2, 0.25) is 0 Å². The number of carbonyl (C=O) groups excluding carboxylic acids is 1. The Morgan fingerprint density at radius 1 is 1.14 bits per heavy atom. The van der Waals surface area contributed by atoms with E-state index in [9.17, 15) is 9.18 Å². The van der Waals surface area contributed by atoms with Gasteiger partial charge in [-0.05, 0) is 49.1 Å². The molecule has 0 atom stereocenters. The van der Waals surface area contributed by atoms with Crippen LogP contribution in [0.25, 0.3) is 20.8 Å². The molecule has 0 radical (unpaired) electrons. The van der Waals surface area contributed by atoms with Crippen molar-refractivity contribution >= 4 is 33.3 Å². The van der Waals surface area contributed by atoms with Gasteiger partial charge in [0.05, 0.1) is 27.4 Å². The fourth-order valence-corrected chi connectivity index (χ4v) is 4.81. The Balaban J connectivity index is 1.27. The lowest BCUT2D eigenvalue weighted by Crippen LogP contribution is -2.27. The van der Waals surface area contributed by atoms with Crippen molar-refractivity contribution in [2.24, 2.45) is 0 Å². The Labute approximate surface area is 217 Å². The van der Waals surface area contributed by atoms with Gasteiger partial charge in [0.15, 0.2) is 11.6 Å². The van der Waals surface area contributed by atoms with Gasteiger partial charge in [0.2, 0.25) is 0 Å². The smallest absolute Gasteiger partial charge is 0.411 e. The van der Waals surface area contributed by atoms with E-state index in [-0.39, 0.29) is 11.9 Å². The summed E-state index contributed by atoms with van der Waals surface area (Å²) in [7, 11) is 1.68. The second-order valence-electron chi connectivity index (χ2n) is 8.69. The summed E-state index contributed by atoms with van der Waals surface area (Å²) in [5.41, 5.74) is 2.94. The third-order valence-electron chi connectivity index (χ3n) is 5.99. The monoisotopic (exact) mass is 522 g/mol. The van der Waals surface area contributed by atoms with Crippen molar-refractivity contribution in [1.29, 1.82) is 0 Å². The normalized spacial score (nSPS) is 13.4.